The van der Waals surface area contributed by atoms with Gasteiger partial charge < -0.3 is 0 Å². The first-order valence-corrected chi connectivity index (χ1v) is 20.8. The van der Waals surface area contributed by atoms with E-state index in [1.54, 1.807) is 41.1 Å². The monoisotopic (exact) mass is 640 g/mol. The van der Waals surface area contributed by atoms with Crippen LogP contribution in [0, 0.1) is 0 Å². The minimum absolute atomic E-state index is 1.24. The average molecular weight is 641 g/mol. The second-order valence-corrected chi connectivity index (χ2v) is 16.2. The maximum absolute atomic E-state index is 2.53. The lowest BCUT2D eigenvalue weighted by molar-refractivity contribution is 0.668. The van der Waals surface area contributed by atoms with Crippen LogP contribution in [0.4, 0.5) is 0 Å². The van der Waals surface area contributed by atoms with Crippen LogP contribution in [0.25, 0.3) is 31.0 Å². The van der Waals surface area contributed by atoms with Crippen LogP contribution in [0.1, 0.15) is 162 Å². The summed E-state index contributed by atoms with van der Waals surface area (Å²) in [7, 11) is 0. The molecule has 4 heterocycles. The second-order valence-electron chi connectivity index (χ2n) is 12.3. The average Bonchev–Trinajstić information content (AvgIpc) is 3.75. The second kappa shape index (κ2) is 18.8. The first-order chi connectivity index (χ1) is 20.7. The SMILES string of the molecule is CCCCCCc1csc2c(CCCCCC)c(/C=C/c3sc4c(CCCCCC)csc4c3CCCCCC)sc12. The summed E-state index contributed by atoms with van der Waals surface area (Å²) >= 11 is 8.24. The highest BCUT2D eigenvalue weighted by Gasteiger charge is 2.18. The van der Waals surface area contributed by atoms with Crippen molar-refractivity contribution in [3.8, 4) is 0 Å². The molecule has 0 spiro atoms. The first kappa shape index (κ1) is 33.9. The summed E-state index contributed by atoms with van der Waals surface area (Å²) in [5.74, 6) is 0. The van der Waals surface area contributed by atoms with Crippen molar-refractivity contribution in [2.75, 3.05) is 0 Å². The van der Waals surface area contributed by atoms with Crippen molar-refractivity contribution in [2.45, 2.75) is 156 Å². The number of thiophene rings is 4. The number of unbranched alkanes of at least 4 members (excludes halogenated alkanes) is 12. The van der Waals surface area contributed by atoms with E-state index < -0.39 is 0 Å². The van der Waals surface area contributed by atoms with Crippen molar-refractivity contribution in [1.29, 1.82) is 0 Å². The fourth-order valence-electron chi connectivity index (χ4n) is 6.15. The van der Waals surface area contributed by atoms with Gasteiger partial charge in [-0.2, -0.15) is 0 Å². The molecule has 0 aliphatic rings. The van der Waals surface area contributed by atoms with E-state index in [-0.39, 0.29) is 0 Å². The molecule has 0 fully saturated rings. The normalized spacial score (nSPS) is 12.2. The fourth-order valence-corrected chi connectivity index (χ4v) is 11.5. The Morgan fingerprint density at radius 2 is 0.786 bits per heavy atom. The first-order valence-electron chi connectivity index (χ1n) is 17.4. The van der Waals surface area contributed by atoms with Gasteiger partial charge in [-0.1, -0.05) is 105 Å². The number of fused-ring (bicyclic) bond motifs is 2. The van der Waals surface area contributed by atoms with Gasteiger partial charge in [-0.05, 0) is 96.5 Å². The van der Waals surface area contributed by atoms with Gasteiger partial charge >= 0.3 is 0 Å². The van der Waals surface area contributed by atoms with Crippen molar-refractivity contribution in [3.05, 3.63) is 42.8 Å². The minimum atomic E-state index is 1.24. The Kier molecular flexibility index (Phi) is 15.2. The molecule has 0 N–H and O–H groups in total. The minimum Gasteiger partial charge on any atom is -0.142 e. The smallest absolute Gasteiger partial charge is 0.0491 e. The summed E-state index contributed by atoms with van der Waals surface area (Å²) in [6, 6.07) is 0. The van der Waals surface area contributed by atoms with Gasteiger partial charge in [0, 0.05) is 28.6 Å². The van der Waals surface area contributed by atoms with Gasteiger partial charge in [-0.25, -0.2) is 0 Å². The lowest BCUT2D eigenvalue weighted by Crippen LogP contribution is -1.87. The van der Waals surface area contributed by atoms with Crippen molar-refractivity contribution in [2.24, 2.45) is 0 Å². The molecule has 4 rings (SSSR count). The van der Waals surface area contributed by atoms with E-state index in [1.165, 1.54) is 138 Å². The van der Waals surface area contributed by atoms with Crippen LogP contribution in [0.15, 0.2) is 10.8 Å². The Bertz CT molecular complexity index is 1240. The predicted octanol–water partition coefficient (Wildman–Crippen LogP) is 14.9. The van der Waals surface area contributed by atoms with Gasteiger partial charge in [0.15, 0.2) is 0 Å². The van der Waals surface area contributed by atoms with Gasteiger partial charge in [0.25, 0.3) is 0 Å². The predicted molar refractivity (Wildman–Crippen MR) is 200 cm³/mol. The molecule has 0 aliphatic carbocycles. The van der Waals surface area contributed by atoms with Gasteiger partial charge in [0.2, 0.25) is 0 Å². The van der Waals surface area contributed by atoms with Crippen molar-refractivity contribution >= 4 is 76.3 Å². The molecule has 232 valence electrons. The molecule has 0 bridgehead atoms. The molecule has 4 aromatic heterocycles. The van der Waals surface area contributed by atoms with E-state index in [2.05, 4.69) is 73.3 Å². The zero-order valence-electron chi connectivity index (χ0n) is 27.1. The van der Waals surface area contributed by atoms with Crippen LogP contribution in [-0.4, -0.2) is 0 Å². The molecule has 0 atom stereocenters. The highest BCUT2D eigenvalue weighted by Crippen LogP contribution is 2.43. The highest BCUT2D eigenvalue weighted by atomic mass is 32.1. The third-order valence-corrected chi connectivity index (χ3v) is 13.7. The van der Waals surface area contributed by atoms with Crippen LogP contribution in [0.2, 0.25) is 0 Å². The van der Waals surface area contributed by atoms with Crippen LogP contribution in [0.3, 0.4) is 0 Å². The molecule has 0 nitrogen and oxygen atoms in total. The Hall–Kier alpha value is -0.940. The topological polar surface area (TPSA) is 0 Å². The molecular weight excluding hydrogens is 585 g/mol. The molecule has 4 heteroatoms. The molecule has 0 radical (unpaired) electrons. The summed E-state index contributed by atoms with van der Waals surface area (Å²) in [5, 5.41) is 4.97. The van der Waals surface area contributed by atoms with Crippen LogP contribution < -0.4 is 0 Å². The van der Waals surface area contributed by atoms with E-state index in [9.17, 15) is 0 Å². The van der Waals surface area contributed by atoms with E-state index in [0.29, 0.717) is 0 Å². The van der Waals surface area contributed by atoms with E-state index in [1.807, 2.05) is 22.7 Å². The largest absolute Gasteiger partial charge is 0.142 e. The molecule has 0 aromatic carbocycles. The fraction of sp³-hybridized carbons (Fsp3) is 0.632. The number of aryl methyl sites for hydroxylation is 4. The quantitative estimate of drug-likeness (QED) is 0.0750. The molecule has 0 saturated carbocycles. The highest BCUT2D eigenvalue weighted by molar-refractivity contribution is 7.29. The molecule has 42 heavy (non-hydrogen) atoms. The standard InChI is InChI=1S/C38H56S4/c1-5-9-13-17-21-29-27-39-37-31(23-19-15-11-7-3)33(41-35(29)37)25-26-34-32(24-20-16-12-8-4)38-36(42-34)30(28-40-38)22-18-14-10-6-2/h25-28H,5-24H2,1-4H3/b26-25+. The number of rotatable bonds is 22. The Morgan fingerprint density at radius 1 is 0.429 bits per heavy atom. The number of hydrogen-bond acceptors (Lipinski definition) is 4. The van der Waals surface area contributed by atoms with E-state index in [0.717, 1.165) is 0 Å². The number of hydrogen-bond donors (Lipinski definition) is 0. The summed E-state index contributed by atoms with van der Waals surface area (Å²) in [6.07, 6.45) is 31.5. The van der Waals surface area contributed by atoms with Crippen LogP contribution in [0.5, 0.6) is 0 Å². The van der Waals surface area contributed by atoms with Gasteiger partial charge in [0.05, 0.1) is 0 Å². The van der Waals surface area contributed by atoms with Gasteiger partial charge in [-0.3, -0.25) is 0 Å². The maximum Gasteiger partial charge on any atom is 0.0491 e. The lowest BCUT2D eigenvalue weighted by Gasteiger charge is -2.03. The molecular formula is C38H56S4. The van der Waals surface area contributed by atoms with Gasteiger partial charge in [-0.15, -0.1) is 45.3 Å². The third-order valence-electron chi connectivity index (χ3n) is 8.75. The summed E-state index contributed by atoms with van der Waals surface area (Å²) < 4.78 is 6.40. The van der Waals surface area contributed by atoms with Gasteiger partial charge in [0.1, 0.15) is 0 Å². The van der Waals surface area contributed by atoms with Crippen molar-refractivity contribution in [3.63, 3.8) is 0 Å². The summed E-state index contributed by atoms with van der Waals surface area (Å²) in [4.78, 5) is 3.08. The maximum atomic E-state index is 2.53. The van der Waals surface area contributed by atoms with E-state index in [4.69, 9.17) is 0 Å². The molecule has 0 unspecified atom stereocenters. The zero-order valence-corrected chi connectivity index (χ0v) is 30.4. The zero-order chi connectivity index (χ0) is 29.6. The molecule has 0 amide bonds. The van der Waals surface area contributed by atoms with E-state index >= 15 is 0 Å². The van der Waals surface area contributed by atoms with Crippen molar-refractivity contribution < 1.29 is 0 Å². The lowest BCUT2D eigenvalue weighted by atomic mass is 10.0. The van der Waals surface area contributed by atoms with Crippen molar-refractivity contribution in [1.82, 2.24) is 0 Å². The molecule has 4 aromatic rings. The Morgan fingerprint density at radius 3 is 1.14 bits per heavy atom. The Labute approximate surface area is 273 Å². The molecule has 0 saturated heterocycles. The molecule has 0 aliphatic heterocycles. The third kappa shape index (κ3) is 9.29. The van der Waals surface area contributed by atoms with Crippen LogP contribution in [-0.2, 0) is 25.7 Å². The van der Waals surface area contributed by atoms with Crippen LogP contribution >= 0.6 is 45.3 Å². The summed E-state index contributed by atoms with van der Waals surface area (Å²) in [5.41, 5.74) is 6.52. The summed E-state index contributed by atoms with van der Waals surface area (Å²) in [6.45, 7) is 9.27. The Balaban J connectivity index is 1.62.